The van der Waals surface area contributed by atoms with E-state index < -0.39 is 5.97 Å². The van der Waals surface area contributed by atoms with Gasteiger partial charge in [-0.15, -0.1) is 0 Å². The number of ether oxygens (including phenoxy) is 2. The summed E-state index contributed by atoms with van der Waals surface area (Å²) in [7, 11) is 0. The van der Waals surface area contributed by atoms with Crippen LogP contribution in [-0.4, -0.2) is 29.9 Å². The molecule has 0 fully saturated rings. The Morgan fingerprint density at radius 1 is 1.32 bits per heavy atom. The first-order valence-electron chi connectivity index (χ1n) is 6.01. The number of carboxylic acid groups (broad SMARTS) is 1. The van der Waals surface area contributed by atoms with E-state index >= 15 is 0 Å². The number of hydrogen-bond acceptors (Lipinski definition) is 3. The Balaban J connectivity index is 2.75. The number of carboxylic acids is 1. The summed E-state index contributed by atoms with van der Waals surface area (Å²) in [5.74, 6) is -0.607. The van der Waals surface area contributed by atoms with Crippen LogP contribution in [0.3, 0.4) is 0 Å². The maximum absolute atomic E-state index is 11.2. The van der Waals surface area contributed by atoms with Gasteiger partial charge in [0.2, 0.25) is 0 Å². The van der Waals surface area contributed by atoms with E-state index in [0.29, 0.717) is 19.0 Å². The first kappa shape index (κ1) is 16.0. The van der Waals surface area contributed by atoms with E-state index in [1.807, 2.05) is 33.8 Å². The van der Waals surface area contributed by atoms with Gasteiger partial charge in [-0.3, -0.25) is 0 Å². The van der Waals surface area contributed by atoms with E-state index in [1.165, 1.54) is 6.07 Å². The van der Waals surface area contributed by atoms with Gasteiger partial charge in [0.1, 0.15) is 17.9 Å². The van der Waals surface area contributed by atoms with E-state index in [4.69, 9.17) is 14.6 Å². The molecule has 19 heavy (non-hydrogen) atoms. The number of aryl methyl sites for hydroxylation is 1. The minimum absolute atomic E-state index is 0.155. The lowest BCUT2D eigenvalue weighted by Gasteiger charge is -2.20. The molecule has 5 heteroatoms. The average Bonchev–Trinajstić information content (AvgIpc) is 2.24. The molecule has 0 amide bonds. The molecule has 0 saturated carbocycles. The van der Waals surface area contributed by atoms with Gasteiger partial charge >= 0.3 is 5.97 Å². The number of halogens is 1. The second-order valence-electron chi connectivity index (χ2n) is 5.21. The summed E-state index contributed by atoms with van der Waals surface area (Å²) in [5.41, 5.74) is 0.707. The molecule has 4 nitrogen and oxygen atoms in total. The van der Waals surface area contributed by atoms with Crippen molar-refractivity contribution in [3.8, 4) is 5.75 Å². The molecule has 0 unspecified atom stereocenters. The maximum atomic E-state index is 11.2. The normalized spacial score (nSPS) is 11.4. The van der Waals surface area contributed by atoms with E-state index in [2.05, 4.69) is 15.9 Å². The molecular weight excluding hydrogens is 312 g/mol. The van der Waals surface area contributed by atoms with Crippen LogP contribution in [0.25, 0.3) is 0 Å². The maximum Gasteiger partial charge on any atom is 0.339 e. The van der Waals surface area contributed by atoms with Crippen LogP contribution < -0.4 is 4.74 Å². The van der Waals surface area contributed by atoms with Crippen LogP contribution in [0.5, 0.6) is 5.75 Å². The quantitative estimate of drug-likeness (QED) is 0.837. The number of benzene rings is 1. The van der Waals surface area contributed by atoms with E-state index in [0.717, 1.165) is 10.0 Å². The first-order chi connectivity index (χ1) is 8.70. The summed E-state index contributed by atoms with van der Waals surface area (Å²) >= 11 is 3.28. The summed E-state index contributed by atoms with van der Waals surface area (Å²) in [4.78, 5) is 11.2. The third kappa shape index (κ3) is 5.20. The molecule has 0 aliphatic heterocycles. The fraction of sp³-hybridized carbons (Fsp3) is 0.500. The molecule has 0 aliphatic carbocycles. The molecule has 0 radical (unpaired) electrons. The van der Waals surface area contributed by atoms with Crippen LogP contribution in [0.2, 0.25) is 0 Å². The molecule has 1 rings (SSSR count). The van der Waals surface area contributed by atoms with Crippen LogP contribution in [0, 0.1) is 6.92 Å². The lowest BCUT2D eigenvalue weighted by Crippen LogP contribution is -2.22. The molecule has 0 bridgehead atoms. The number of aromatic carboxylic acids is 1. The van der Waals surface area contributed by atoms with Gasteiger partial charge in [0.25, 0.3) is 0 Å². The van der Waals surface area contributed by atoms with E-state index in [-0.39, 0.29) is 11.2 Å². The van der Waals surface area contributed by atoms with Crippen molar-refractivity contribution in [1.82, 2.24) is 0 Å². The largest absolute Gasteiger partial charge is 0.490 e. The summed E-state index contributed by atoms with van der Waals surface area (Å²) in [5, 5.41) is 9.17. The molecular formula is C14H19BrO4. The van der Waals surface area contributed by atoms with Gasteiger partial charge in [-0.2, -0.15) is 0 Å². The summed E-state index contributed by atoms with van der Waals surface area (Å²) in [6.07, 6.45) is 0. The van der Waals surface area contributed by atoms with Crippen LogP contribution in [0.4, 0.5) is 0 Å². The van der Waals surface area contributed by atoms with Crippen molar-refractivity contribution >= 4 is 21.9 Å². The lowest BCUT2D eigenvalue weighted by atomic mass is 10.1. The highest BCUT2D eigenvalue weighted by molar-refractivity contribution is 9.10. The van der Waals surface area contributed by atoms with E-state index in [1.54, 1.807) is 0 Å². The Kier molecular flexibility index (Phi) is 5.38. The van der Waals surface area contributed by atoms with Gasteiger partial charge < -0.3 is 14.6 Å². The Morgan fingerprint density at radius 3 is 2.47 bits per heavy atom. The average molecular weight is 331 g/mol. The molecule has 106 valence electrons. The van der Waals surface area contributed by atoms with Crippen molar-refractivity contribution in [2.75, 3.05) is 13.2 Å². The molecule has 0 aliphatic rings. The molecule has 0 aromatic heterocycles. The van der Waals surface area contributed by atoms with Crippen LogP contribution >= 0.6 is 15.9 Å². The van der Waals surface area contributed by atoms with Crippen molar-refractivity contribution in [3.63, 3.8) is 0 Å². The molecule has 0 spiro atoms. The van der Waals surface area contributed by atoms with Crippen molar-refractivity contribution in [2.45, 2.75) is 33.3 Å². The Morgan fingerprint density at radius 2 is 1.95 bits per heavy atom. The third-order valence-electron chi connectivity index (χ3n) is 2.33. The minimum atomic E-state index is -1.00. The highest BCUT2D eigenvalue weighted by Gasteiger charge is 2.16. The van der Waals surface area contributed by atoms with Crippen molar-refractivity contribution < 1.29 is 19.4 Å². The molecule has 1 aromatic rings. The minimum Gasteiger partial charge on any atom is -0.490 e. The van der Waals surface area contributed by atoms with Gasteiger partial charge in [-0.25, -0.2) is 4.79 Å². The summed E-state index contributed by atoms with van der Waals surface area (Å²) in [6.45, 7) is 8.43. The van der Waals surface area contributed by atoms with Crippen LogP contribution in [-0.2, 0) is 4.74 Å². The standard InChI is InChI=1S/C14H19BrO4/c1-9-7-10(15)8-11(13(16)17)12(9)18-5-6-19-14(2,3)4/h7-8H,5-6H2,1-4H3,(H,16,17). The van der Waals surface area contributed by atoms with Gasteiger partial charge in [0, 0.05) is 4.47 Å². The van der Waals surface area contributed by atoms with Gasteiger partial charge in [0.05, 0.1) is 12.2 Å². The molecule has 0 saturated heterocycles. The van der Waals surface area contributed by atoms with Crippen LogP contribution in [0.1, 0.15) is 36.7 Å². The summed E-state index contributed by atoms with van der Waals surface area (Å²) in [6, 6.07) is 3.36. The van der Waals surface area contributed by atoms with Gasteiger partial charge in [-0.05, 0) is 45.4 Å². The predicted molar refractivity (Wildman–Crippen MR) is 77.0 cm³/mol. The molecule has 0 heterocycles. The lowest BCUT2D eigenvalue weighted by molar-refractivity contribution is -0.0165. The van der Waals surface area contributed by atoms with Crippen molar-refractivity contribution in [3.05, 3.63) is 27.7 Å². The number of rotatable bonds is 5. The second kappa shape index (κ2) is 6.39. The first-order valence-corrected chi connectivity index (χ1v) is 6.80. The Hall–Kier alpha value is -1.07. The number of hydrogen-bond donors (Lipinski definition) is 1. The fourth-order valence-electron chi connectivity index (χ4n) is 1.57. The molecule has 0 atom stereocenters. The molecule has 1 aromatic carbocycles. The fourth-order valence-corrected chi connectivity index (χ4v) is 2.14. The topological polar surface area (TPSA) is 55.8 Å². The SMILES string of the molecule is Cc1cc(Br)cc(C(=O)O)c1OCCOC(C)(C)C. The smallest absolute Gasteiger partial charge is 0.339 e. The van der Waals surface area contributed by atoms with Crippen molar-refractivity contribution in [1.29, 1.82) is 0 Å². The zero-order chi connectivity index (χ0) is 14.6. The predicted octanol–water partition coefficient (Wildman–Crippen LogP) is 3.65. The van der Waals surface area contributed by atoms with Crippen LogP contribution in [0.15, 0.2) is 16.6 Å². The molecule has 1 N–H and O–H groups in total. The highest BCUT2D eigenvalue weighted by Crippen LogP contribution is 2.28. The van der Waals surface area contributed by atoms with E-state index in [9.17, 15) is 4.79 Å². The summed E-state index contributed by atoms with van der Waals surface area (Å²) < 4.78 is 11.8. The zero-order valence-electron chi connectivity index (χ0n) is 11.6. The monoisotopic (exact) mass is 330 g/mol. The van der Waals surface area contributed by atoms with Gasteiger partial charge in [-0.1, -0.05) is 15.9 Å². The van der Waals surface area contributed by atoms with Gasteiger partial charge in [0.15, 0.2) is 0 Å². The second-order valence-corrected chi connectivity index (χ2v) is 6.13. The Bertz CT molecular complexity index is 463. The zero-order valence-corrected chi connectivity index (χ0v) is 13.2. The van der Waals surface area contributed by atoms with Crippen molar-refractivity contribution in [2.24, 2.45) is 0 Å². The third-order valence-corrected chi connectivity index (χ3v) is 2.79. The highest BCUT2D eigenvalue weighted by atomic mass is 79.9. The Labute approximate surface area is 121 Å². The number of carbonyl (C=O) groups is 1.